The van der Waals surface area contributed by atoms with Crippen molar-refractivity contribution in [2.24, 2.45) is 0 Å². The Morgan fingerprint density at radius 3 is 2.32 bits per heavy atom. The van der Waals surface area contributed by atoms with E-state index >= 15 is 0 Å². The van der Waals surface area contributed by atoms with Crippen molar-refractivity contribution in [3.63, 3.8) is 0 Å². The molecule has 138 valence electrons. The van der Waals surface area contributed by atoms with Crippen LogP contribution in [-0.4, -0.2) is 13.5 Å². The maximum absolute atomic E-state index is 13.2. The third-order valence-corrected chi connectivity index (χ3v) is 8.98. The number of halogens is 4. The van der Waals surface area contributed by atoms with E-state index < -0.39 is 25.9 Å². The van der Waals surface area contributed by atoms with Gasteiger partial charge in [0.2, 0.25) is 0 Å². The van der Waals surface area contributed by atoms with Gasteiger partial charge in [-0.2, -0.15) is 13.2 Å². The molecule has 1 heterocycles. The standard InChI is InChI=1S/C17H21F4NO2Si/c1-16(2,3)25(4,5)23-10-12-9-15(22-24-12)13-7-6-11(18)8-14(13)17(19,20)21/h6-9H,10H2,1-5H3. The van der Waals surface area contributed by atoms with Crippen LogP contribution in [0.25, 0.3) is 11.3 Å². The SMILES string of the molecule is CC(C)(C)[Si](C)(C)OCc1cc(-c2ccc(F)cc2C(F)(F)F)no1. The predicted molar refractivity (Wildman–Crippen MR) is 88.9 cm³/mol. The van der Waals surface area contributed by atoms with Crippen LogP contribution in [0, 0.1) is 5.82 Å². The van der Waals surface area contributed by atoms with Gasteiger partial charge in [0.05, 0.1) is 12.2 Å². The molecule has 0 amide bonds. The molecule has 0 atom stereocenters. The van der Waals surface area contributed by atoms with Gasteiger partial charge in [0.25, 0.3) is 0 Å². The Bertz CT molecular complexity index is 748. The van der Waals surface area contributed by atoms with E-state index in [4.69, 9.17) is 8.95 Å². The highest BCUT2D eigenvalue weighted by atomic mass is 28.4. The largest absolute Gasteiger partial charge is 0.417 e. The number of benzene rings is 1. The third kappa shape index (κ3) is 4.49. The highest BCUT2D eigenvalue weighted by Gasteiger charge is 2.38. The van der Waals surface area contributed by atoms with Crippen molar-refractivity contribution in [2.75, 3.05) is 0 Å². The molecule has 0 aliphatic heterocycles. The van der Waals surface area contributed by atoms with Gasteiger partial charge in [0, 0.05) is 11.6 Å². The number of hydrogen-bond acceptors (Lipinski definition) is 3. The van der Waals surface area contributed by atoms with E-state index in [0.29, 0.717) is 11.8 Å². The first-order chi connectivity index (χ1) is 11.3. The minimum atomic E-state index is -4.69. The molecule has 2 rings (SSSR count). The first kappa shape index (κ1) is 19.6. The number of alkyl halides is 3. The molecule has 0 bridgehead atoms. The van der Waals surface area contributed by atoms with Gasteiger partial charge in [-0.1, -0.05) is 25.9 Å². The minimum absolute atomic E-state index is 0.00107. The van der Waals surface area contributed by atoms with E-state index in [9.17, 15) is 17.6 Å². The fourth-order valence-electron chi connectivity index (χ4n) is 1.95. The van der Waals surface area contributed by atoms with E-state index in [2.05, 4.69) is 39.0 Å². The van der Waals surface area contributed by atoms with Crippen molar-refractivity contribution in [2.45, 2.75) is 51.7 Å². The lowest BCUT2D eigenvalue weighted by molar-refractivity contribution is -0.137. The van der Waals surface area contributed by atoms with Crippen molar-refractivity contribution in [3.05, 3.63) is 41.4 Å². The summed E-state index contributed by atoms with van der Waals surface area (Å²) in [6.07, 6.45) is -4.69. The Kier molecular flexibility index (Phi) is 5.16. The zero-order chi connectivity index (χ0) is 19.0. The molecule has 3 nitrogen and oxygen atoms in total. The van der Waals surface area contributed by atoms with Gasteiger partial charge in [-0.3, -0.25) is 0 Å². The molecule has 0 aliphatic carbocycles. The quantitative estimate of drug-likeness (QED) is 0.484. The molecule has 1 aromatic carbocycles. The summed E-state index contributed by atoms with van der Waals surface area (Å²) in [5, 5.41) is 3.69. The molecular weight excluding hydrogens is 354 g/mol. The zero-order valence-electron chi connectivity index (χ0n) is 14.8. The van der Waals surface area contributed by atoms with Crippen LogP contribution >= 0.6 is 0 Å². The van der Waals surface area contributed by atoms with Crippen molar-refractivity contribution < 1.29 is 26.5 Å². The van der Waals surface area contributed by atoms with Crippen LogP contribution in [0.15, 0.2) is 28.8 Å². The van der Waals surface area contributed by atoms with Gasteiger partial charge in [0.15, 0.2) is 14.1 Å². The van der Waals surface area contributed by atoms with Crippen LogP contribution in [0.4, 0.5) is 17.6 Å². The van der Waals surface area contributed by atoms with Crippen LogP contribution in [-0.2, 0) is 17.2 Å². The van der Waals surface area contributed by atoms with E-state index in [1.165, 1.54) is 6.07 Å². The Balaban J connectivity index is 2.26. The monoisotopic (exact) mass is 375 g/mol. The Morgan fingerprint density at radius 2 is 1.76 bits per heavy atom. The zero-order valence-corrected chi connectivity index (χ0v) is 15.8. The summed E-state index contributed by atoms with van der Waals surface area (Å²) < 4.78 is 63.6. The van der Waals surface area contributed by atoms with Gasteiger partial charge in [-0.15, -0.1) is 0 Å². The molecule has 0 saturated carbocycles. The van der Waals surface area contributed by atoms with Crippen LogP contribution < -0.4 is 0 Å². The summed E-state index contributed by atoms with van der Waals surface area (Å²) >= 11 is 0. The van der Waals surface area contributed by atoms with E-state index in [1.54, 1.807) is 0 Å². The summed E-state index contributed by atoms with van der Waals surface area (Å²) in [6, 6.07) is 3.87. The lowest BCUT2D eigenvalue weighted by atomic mass is 10.0. The van der Waals surface area contributed by atoms with Crippen LogP contribution in [0.5, 0.6) is 0 Å². The Morgan fingerprint density at radius 1 is 1.12 bits per heavy atom. The number of hydrogen-bond donors (Lipinski definition) is 0. The fourth-order valence-corrected chi connectivity index (χ4v) is 2.89. The first-order valence-electron chi connectivity index (χ1n) is 7.78. The fraction of sp³-hybridized carbons (Fsp3) is 0.471. The number of nitrogens with zero attached hydrogens (tertiary/aromatic N) is 1. The summed E-state index contributed by atoms with van der Waals surface area (Å²) in [6.45, 7) is 10.5. The Labute approximate surface area is 145 Å². The topological polar surface area (TPSA) is 35.3 Å². The number of rotatable bonds is 4. The molecule has 0 saturated heterocycles. The molecule has 0 N–H and O–H groups in total. The average Bonchev–Trinajstić information content (AvgIpc) is 2.92. The van der Waals surface area contributed by atoms with Gasteiger partial charge < -0.3 is 8.95 Å². The molecule has 0 unspecified atom stereocenters. The van der Waals surface area contributed by atoms with Crippen LogP contribution in [0.3, 0.4) is 0 Å². The molecule has 8 heteroatoms. The van der Waals surface area contributed by atoms with Crippen LogP contribution in [0.2, 0.25) is 18.1 Å². The smallest absolute Gasteiger partial charge is 0.409 e. The highest BCUT2D eigenvalue weighted by Crippen LogP contribution is 2.39. The first-order valence-corrected chi connectivity index (χ1v) is 10.7. The molecular formula is C17H21F4NO2Si. The maximum Gasteiger partial charge on any atom is 0.417 e. The van der Waals surface area contributed by atoms with E-state index in [0.717, 1.165) is 12.1 Å². The van der Waals surface area contributed by atoms with Crippen LogP contribution in [0.1, 0.15) is 32.1 Å². The van der Waals surface area contributed by atoms with Gasteiger partial charge in [-0.05, 0) is 36.3 Å². The summed E-state index contributed by atoms with van der Waals surface area (Å²) in [5.41, 5.74) is -1.31. The third-order valence-electron chi connectivity index (χ3n) is 4.50. The number of aromatic nitrogens is 1. The van der Waals surface area contributed by atoms with Crippen molar-refractivity contribution >= 4 is 8.32 Å². The van der Waals surface area contributed by atoms with E-state index in [1.807, 2.05) is 0 Å². The minimum Gasteiger partial charge on any atom is -0.409 e. The lowest BCUT2D eigenvalue weighted by Crippen LogP contribution is -2.40. The van der Waals surface area contributed by atoms with E-state index in [-0.39, 0.29) is 22.9 Å². The molecule has 1 aromatic heterocycles. The molecule has 0 radical (unpaired) electrons. The van der Waals surface area contributed by atoms with Gasteiger partial charge in [0.1, 0.15) is 11.5 Å². The second kappa shape index (κ2) is 6.57. The summed E-state index contributed by atoms with van der Waals surface area (Å²) in [5.74, 6) is -0.627. The van der Waals surface area contributed by atoms with Crippen molar-refractivity contribution in [1.82, 2.24) is 5.16 Å². The second-order valence-electron chi connectivity index (χ2n) is 7.42. The molecule has 2 aromatic rings. The second-order valence-corrected chi connectivity index (χ2v) is 12.2. The molecule has 25 heavy (non-hydrogen) atoms. The lowest BCUT2D eigenvalue weighted by Gasteiger charge is -2.35. The highest BCUT2D eigenvalue weighted by molar-refractivity contribution is 6.74. The average molecular weight is 375 g/mol. The van der Waals surface area contributed by atoms with Gasteiger partial charge >= 0.3 is 6.18 Å². The predicted octanol–water partition coefficient (Wildman–Crippen LogP) is 6.02. The van der Waals surface area contributed by atoms with Crippen molar-refractivity contribution in [1.29, 1.82) is 0 Å². The maximum atomic E-state index is 13.2. The normalized spacial score (nSPS) is 13.3. The summed E-state index contributed by atoms with van der Waals surface area (Å²) in [7, 11) is -2.02. The molecule has 0 aliphatic rings. The Hall–Kier alpha value is -1.67. The summed E-state index contributed by atoms with van der Waals surface area (Å²) in [4.78, 5) is 0. The molecule has 0 fully saturated rings. The molecule has 0 spiro atoms. The van der Waals surface area contributed by atoms with Crippen molar-refractivity contribution in [3.8, 4) is 11.3 Å². The van der Waals surface area contributed by atoms with Gasteiger partial charge in [-0.25, -0.2) is 4.39 Å².